The molecule has 0 heterocycles. The molecule has 0 radical (unpaired) electrons. The highest BCUT2D eigenvalue weighted by Crippen LogP contribution is 2.04. The molecule has 0 rings (SSSR count). The molecular formula is C6H11ClO2S. The molecule has 2 nitrogen and oxygen atoms in total. The first-order chi connectivity index (χ1) is 4.04. The number of hydrogen-bond acceptors (Lipinski definition) is 2. The molecule has 0 saturated heterocycles. The van der Waals surface area contributed by atoms with Crippen molar-refractivity contribution in [2.75, 3.05) is 0 Å². The fraction of sp³-hybridized carbons (Fsp3) is 0.667. The van der Waals surface area contributed by atoms with E-state index in [9.17, 15) is 9.59 Å². The van der Waals surface area contributed by atoms with Crippen LogP contribution in [0.3, 0.4) is 0 Å². The van der Waals surface area contributed by atoms with Gasteiger partial charge in [0.25, 0.3) is 0 Å². The fourth-order valence-electron chi connectivity index (χ4n) is 0.406. The van der Waals surface area contributed by atoms with E-state index >= 15 is 0 Å². The second kappa shape index (κ2) is 5.74. The van der Waals surface area contributed by atoms with Crippen molar-refractivity contribution in [2.45, 2.75) is 20.3 Å². The van der Waals surface area contributed by atoms with E-state index in [-0.39, 0.29) is 35.6 Å². The molecular weight excluding hydrogens is 172 g/mol. The Morgan fingerprint density at radius 1 is 1.50 bits per heavy atom. The number of thiol groups is 1. The van der Waals surface area contributed by atoms with Gasteiger partial charge in [-0.15, -0.1) is 25.0 Å². The molecule has 0 aliphatic rings. The van der Waals surface area contributed by atoms with Crippen molar-refractivity contribution < 1.29 is 9.59 Å². The van der Waals surface area contributed by atoms with Crippen LogP contribution >= 0.6 is 25.0 Å². The number of carbonyl (C=O) groups excluding carboxylic acids is 2. The van der Waals surface area contributed by atoms with Crippen molar-refractivity contribution in [1.82, 2.24) is 0 Å². The van der Waals surface area contributed by atoms with E-state index in [0.29, 0.717) is 0 Å². The Balaban J connectivity index is 0. The van der Waals surface area contributed by atoms with E-state index in [1.165, 1.54) is 6.92 Å². The van der Waals surface area contributed by atoms with E-state index < -0.39 is 0 Å². The molecule has 0 aromatic heterocycles. The zero-order chi connectivity index (χ0) is 7.44. The first-order valence-electron chi connectivity index (χ1n) is 2.76. The van der Waals surface area contributed by atoms with Gasteiger partial charge in [-0.2, -0.15) is 0 Å². The van der Waals surface area contributed by atoms with Crippen LogP contribution in [0.25, 0.3) is 0 Å². The van der Waals surface area contributed by atoms with Crippen LogP contribution in [0.15, 0.2) is 0 Å². The highest BCUT2D eigenvalue weighted by atomic mass is 35.5. The molecule has 0 amide bonds. The molecule has 1 unspecified atom stereocenters. The van der Waals surface area contributed by atoms with Gasteiger partial charge in [0.15, 0.2) is 5.12 Å². The van der Waals surface area contributed by atoms with Gasteiger partial charge < -0.3 is 0 Å². The molecule has 0 aliphatic carbocycles. The average Bonchev–Trinajstić information content (AvgIpc) is 1.63. The average molecular weight is 183 g/mol. The minimum atomic E-state index is -0.224. The Bertz CT molecular complexity index is 136. The SMILES string of the molecule is CC(=O)C(C)CC(=O)S.Cl. The first-order valence-corrected chi connectivity index (χ1v) is 3.21. The third kappa shape index (κ3) is 6.11. The molecule has 0 N–H and O–H groups in total. The minimum absolute atomic E-state index is 0. The number of rotatable bonds is 3. The first kappa shape index (κ1) is 12.6. The monoisotopic (exact) mass is 182 g/mol. The maximum absolute atomic E-state index is 10.5. The number of carbonyl (C=O) groups is 2. The normalized spacial score (nSPS) is 11.5. The molecule has 0 aliphatic heterocycles. The van der Waals surface area contributed by atoms with Gasteiger partial charge >= 0.3 is 0 Å². The van der Waals surface area contributed by atoms with Crippen LogP contribution < -0.4 is 0 Å². The molecule has 0 spiro atoms. The van der Waals surface area contributed by atoms with Gasteiger partial charge in [-0.25, -0.2) is 0 Å². The van der Waals surface area contributed by atoms with Crippen molar-refractivity contribution in [1.29, 1.82) is 0 Å². The predicted molar refractivity (Wildman–Crippen MR) is 45.7 cm³/mol. The lowest BCUT2D eigenvalue weighted by Gasteiger charge is -2.00. The van der Waals surface area contributed by atoms with Crippen molar-refractivity contribution in [2.24, 2.45) is 5.92 Å². The standard InChI is InChI=1S/C6H10O2S.ClH/c1-4(5(2)7)3-6(8)9;/h4H,3H2,1-2H3,(H,8,9);1H. The number of hydrogen-bond donors (Lipinski definition) is 1. The molecule has 0 aromatic rings. The summed E-state index contributed by atoms with van der Waals surface area (Å²) in [5.41, 5.74) is 0. The molecule has 60 valence electrons. The fourth-order valence-corrected chi connectivity index (χ4v) is 0.680. The molecule has 1 atom stereocenters. The Morgan fingerprint density at radius 3 is 2.00 bits per heavy atom. The molecule has 0 aromatic carbocycles. The van der Waals surface area contributed by atoms with Crippen LogP contribution in [0.4, 0.5) is 0 Å². The van der Waals surface area contributed by atoms with Crippen LogP contribution in [-0.2, 0) is 9.59 Å². The van der Waals surface area contributed by atoms with E-state index in [4.69, 9.17) is 0 Å². The minimum Gasteiger partial charge on any atom is -0.300 e. The van der Waals surface area contributed by atoms with Crippen LogP contribution in [0.5, 0.6) is 0 Å². The molecule has 4 heteroatoms. The number of halogens is 1. The van der Waals surface area contributed by atoms with E-state index in [2.05, 4.69) is 12.6 Å². The summed E-state index contributed by atoms with van der Waals surface area (Å²) in [6.45, 7) is 3.19. The summed E-state index contributed by atoms with van der Waals surface area (Å²) >= 11 is 3.54. The van der Waals surface area contributed by atoms with Crippen molar-refractivity contribution in [3.63, 3.8) is 0 Å². The van der Waals surface area contributed by atoms with Gasteiger partial charge in [-0.1, -0.05) is 6.92 Å². The summed E-state index contributed by atoms with van der Waals surface area (Å²) in [6, 6.07) is 0. The smallest absolute Gasteiger partial charge is 0.186 e. The van der Waals surface area contributed by atoms with E-state index in [1.807, 2.05) is 0 Å². The van der Waals surface area contributed by atoms with Crippen LogP contribution in [0.2, 0.25) is 0 Å². The Morgan fingerprint density at radius 2 is 1.90 bits per heavy atom. The number of ketones is 1. The van der Waals surface area contributed by atoms with Crippen LogP contribution in [-0.4, -0.2) is 10.9 Å². The zero-order valence-corrected chi connectivity index (χ0v) is 7.67. The maximum atomic E-state index is 10.5. The Hall–Kier alpha value is -0.0200. The third-order valence-corrected chi connectivity index (χ3v) is 1.36. The molecule has 0 saturated carbocycles. The summed E-state index contributed by atoms with van der Waals surface area (Å²) < 4.78 is 0. The highest BCUT2D eigenvalue weighted by molar-refractivity contribution is 7.96. The lowest BCUT2D eigenvalue weighted by molar-refractivity contribution is -0.123. The van der Waals surface area contributed by atoms with Crippen molar-refractivity contribution in [3.05, 3.63) is 0 Å². The summed E-state index contributed by atoms with van der Waals surface area (Å²) in [5.74, 6) is -0.132. The van der Waals surface area contributed by atoms with Gasteiger partial charge in [0.05, 0.1) is 0 Å². The van der Waals surface area contributed by atoms with Gasteiger partial charge in [0.1, 0.15) is 5.78 Å². The summed E-state index contributed by atoms with van der Waals surface area (Å²) in [7, 11) is 0. The molecule has 10 heavy (non-hydrogen) atoms. The van der Waals surface area contributed by atoms with Gasteiger partial charge in [0.2, 0.25) is 0 Å². The Kier molecular flexibility index (Phi) is 7.26. The maximum Gasteiger partial charge on any atom is 0.186 e. The second-order valence-corrected chi connectivity index (χ2v) is 2.61. The van der Waals surface area contributed by atoms with E-state index in [1.54, 1.807) is 6.92 Å². The number of Topliss-reactive ketones (excluding diaryl/α,β-unsaturated/α-hetero) is 1. The zero-order valence-electron chi connectivity index (χ0n) is 5.96. The molecule has 0 fully saturated rings. The lowest BCUT2D eigenvalue weighted by atomic mass is 10.1. The summed E-state index contributed by atoms with van der Waals surface area (Å²) in [6.07, 6.45) is 0.248. The third-order valence-electron chi connectivity index (χ3n) is 1.17. The van der Waals surface area contributed by atoms with Crippen LogP contribution in [0, 0.1) is 5.92 Å². The summed E-state index contributed by atoms with van der Waals surface area (Å²) in [4.78, 5) is 20.8. The van der Waals surface area contributed by atoms with Crippen LogP contribution in [0.1, 0.15) is 20.3 Å². The topological polar surface area (TPSA) is 34.1 Å². The quantitative estimate of drug-likeness (QED) is 0.671. The predicted octanol–water partition coefficient (Wildman–Crippen LogP) is 1.48. The second-order valence-electron chi connectivity index (χ2n) is 2.11. The van der Waals surface area contributed by atoms with Gasteiger partial charge in [-0.05, 0) is 6.92 Å². The van der Waals surface area contributed by atoms with Gasteiger partial charge in [0, 0.05) is 12.3 Å². The van der Waals surface area contributed by atoms with Gasteiger partial charge in [-0.3, -0.25) is 9.59 Å². The van der Waals surface area contributed by atoms with E-state index in [0.717, 1.165) is 0 Å². The molecule has 0 bridgehead atoms. The van der Waals surface area contributed by atoms with Crippen molar-refractivity contribution >= 4 is 35.9 Å². The van der Waals surface area contributed by atoms with Crippen molar-refractivity contribution in [3.8, 4) is 0 Å². The Labute approximate surface area is 72.2 Å². The summed E-state index contributed by atoms with van der Waals surface area (Å²) in [5, 5.41) is -0.224. The lowest BCUT2D eigenvalue weighted by Crippen LogP contribution is -2.08. The largest absolute Gasteiger partial charge is 0.300 e. The highest BCUT2D eigenvalue weighted by Gasteiger charge is 2.09.